The zero-order valence-electron chi connectivity index (χ0n) is 16.8. The smallest absolute Gasteiger partial charge is 0.294 e. The van der Waals surface area contributed by atoms with Crippen LogP contribution in [0.2, 0.25) is 0 Å². The number of hydrogen-bond donors (Lipinski definition) is 2. The van der Waals surface area contributed by atoms with Crippen LogP contribution in [0.3, 0.4) is 0 Å². The zero-order chi connectivity index (χ0) is 20.6. The highest BCUT2D eigenvalue weighted by atomic mass is 32.2. The lowest BCUT2D eigenvalue weighted by Crippen LogP contribution is -2.26. The molecule has 0 heterocycles. The second-order valence-corrected chi connectivity index (χ2v) is 10.3. The van der Waals surface area contributed by atoms with Crippen LogP contribution in [-0.4, -0.2) is 24.0 Å². The number of rotatable bonds is 5. The first-order valence-corrected chi connectivity index (χ1v) is 12.5. The summed E-state index contributed by atoms with van der Waals surface area (Å²) in [6, 6.07) is 5.99. The molecule has 2 fully saturated rings. The maximum atomic E-state index is 12.2. The van der Waals surface area contributed by atoms with Gasteiger partial charge in [0.05, 0.1) is 4.90 Å². The summed E-state index contributed by atoms with van der Waals surface area (Å²) in [5.74, 6) is 1.59. The van der Waals surface area contributed by atoms with Crippen molar-refractivity contribution >= 4 is 28.5 Å². The topological polar surface area (TPSA) is 71.4 Å². The molecule has 158 valence electrons. The molecule has 2 saturated carbocycles. The Kier molecular flexibility index (Phi) is 9.51. The van der Waals surface area contributed by atoms with Crippen LogP contribution >= 0.6 is 12.6 Å². The van der Waals surface area contributed by atoms with E-state index in [1.165, 1.54) is 63.5 Å². The van der Waals surface area contributed by atoms with Crippen LogP contribution in [0.15, 0.2) is 29.2 Å². The summed E-state index contributed by atoms with van der Waals surface area (Å²) >= 11 is 4.71. The summed E-state index contributed by atoms with van der Waals surface area (Å²) in [6.07, 6.45) is 13.5. The third-order valence-corrected chi connectivity index (χ3v) is 7.46. The number of thiol groups is 1. The minimum atomic E-state index is -4.02. The van der Waals surface area contributed by atoms with Crippen molar-refractivity contribution in [1.82, 2.24) is 0 Å². The second kappa shape index (κ2) is 11.4. The number of benzene rings is 1. The Morgan fingerprint density at radius 1 is 1.00 bits per heavy atom. The number of carbonyl (C=O) groups is 1. The van der Waals surface area contributed by atoms with Gasteiger partial charge in [-0.25, -0.2) is 0 Å². The summed E-state index contributed by atoms with van der Waals surface area (Å²) in [6.45, 7) is 1.84. The van der Waals surface area contributed by atoms with Gasteiger partial charge in [0.25, 0.3) is 10.1 Å². The van der Waals surface area contributed by atoms with Gasteiger partial charge >= 0.3 is 0 Å². The monoisotopic (exact) mass is 426 g/mol. The van der Waals surface area contributed by atoms with Crippen LogP contribution in [0.4, 0.5) is 0 Å². The van der Waals surface area contributed by atoms with Gasteiger partial charge in [-0.05, 0) is 50.7 Å². The van der Waals surface area contributed by atoms with Crippen molar-refractivity contribution in [2.75, 3.05) is 0 Å². The summed E-state index contributed by atoms with van der Waals surface area (Å²) in [7, 11) is -4.02. The van der Waals surface area contributed by atoms with Crippen LogP contribution in [-0.2, 0) is 14.9 Å². The van der Waals surface area contributed by atoms with Gasteiger partial charge in [0.2, 0.25) is 0 Å². The van der Waals surface area contributed by atoms with E-state index in [1.54, 1.807) is 12.1 Å². The molecule has 4 nitrogen and oxygen atoms in total. The predicted octanol–water partition coefficient (Wildman–Crippen LogP) is 5.65. The highest BCUT2D eigenvalue weighted by molar-refractivity contribution is 7.85. The molecule has 1 aromatic rings. The first-order chi connectivity index (χ1) is 13.3. The van der Waals surface area contributed by atoms with E-state index in [9.17, 15) is 13.2 Å². The quantitative estimate of drug-likeness (QED) is 0.472. The molecule has 0 amide bonds. The van der Waals surface area contributed by atoms with Gasteiger partial charge < -0.3 is 0 Å². The largest absolute Gasteiger partial charge is 0.299 e. The molecule has 0 aliphatic heterocycles. The Morgan fingerprint density at radius 3 is 2.00 bits per heavy atom. The fourth-order valence-corrected chi connectivity index (χ4v) is 5.15. The highest BCUT2D eigenvalue weighted by Crippen LogP contribution is 2.33. The number of Topliss-reactive ketones (excluding diaryl/α,β-unsaturated/α-hetero) is 1. The second-order valence-electron chi connectivity index (χ2n) is 8.26. The first kappa shape index (κ1) is 23.4. The Balaban J connectivity index is 0.000000221. The molecule has 1 atom stereocenters. The Morgan fingerprint density at radius 2 is 1.50 bits per heavy atom. The summed E-state index contributed by atoms with van der Waals surface area (Å²) < 4.78 is 29.6. The Labute approximate surface area is 175 Å². The molecule has 1 unspecified atom stereocenters. The van der Waals surface area contributed by atoms with E-state index < -0.39 is 10.1 Å². The van der Waals surface area contributed by atoms with Crippen molar-refractivity contribution < 1.29 is 17.8 Å². The molecular weight excluding hydrogens is 392 g/mol. The van der Waals surface area contributed by atoms with Gasteiger partial charge in [0, 0.05) is 17.6 Å². The predicted molar refractivity (Wildman–Crippen MR) is 117 cm³/mol. The van der Waals surface area contributed by atoms with E-state index in [4.69, 9.17) is 17.2 Å². The molecule has 0 saturated heterocycles. The average molecular weight is 427 g/mol. The van der Waals surface area contributed by atoms with Crippen LogP contribution in [0.1, 0.15) is 76.2 Å². The molecule has 1 N–H and O–H groups in total. The maximum absolute atomic E-state index is 12.2. The van der Waals surface area contributed by atoms with Gasteiger partial charge in [0.1, 0.15) is 5.78 Å². The fraction of sp³-hybridized carbons (Fsp3) is 0.682. The molecule has 3 rings (SSSR count). The van der Waals surface area contributed by atoms with Gasteiger partial charge in [-0.15, -0.1) is 0 Å². The van der Waals surface area contributed by atoms with Crippen LogP contribution in [0.25, 0.3) is 0 Å². The molecule has 1 aromatic carbocycles. The number of ketones is 1. The fourth-order valence-electron chi connectivity index (χ4n) is 4.19. The van der Waals surface area contributed by atoms with Crippen molar-refractivity contribution in [3.8, 4) is 0 Å². The van der Waals surface area contributed by atoms with Crippen molar-refractivity contribution in [3.63, 3.8) is 0 Å². The van der Waals surface area contributed by atoms with E-state index in [0.29, 0.717) is 22.9 Å². The minimum Gasteiger partial charge on any atom is -0.299 e. The van der Waals surface area contributed by atoms with E-state index in [-0.39, 0.29) is 4.90 Å². The average Bonchev–Trinajstić information content (AvgIpc) is 2.69. The van der Waals surface area contributed by atoms with Crippen molar-refractivity contribution in [1.29, 1.82) is 0 Å². The SMILES string of the molecule is Cc1ccc(S(=O)(=O)O)cc1.O=C(CC(S)C1CCCCC1)C1CCCCC1. The molecule has 0 bridgehead atoms. The zero-order valence-corrected chi connectivity index (χ0v) is 18.6. The Bertz CT molecular complexity index is 701. The van der Waals surface area contributed by atoms with E-state index >= 15 is 0 Å². The molecule has 0 spiro atoms. The van der Waals surface area contributed by atoms with E-state index in [1.807, 2.05) is 6.92 Å². The summed E-state index contributed by atoms with van der Waals surface area (Å²) in [4.78, 5) is 12.1. The molecule has 2 aliphatic carbocycles. The summed E-state index contributed by atoms with van der Waals surface area (Å²) in [5.41, 5.74) is 0.956. The van der Waals surface area contributed by atoms with Crippen molar-refractivity contribution in [2.24, 2.45) is 11.8 Å². The molecule has 2 aliphatic rings. The van der Waals surface area contributed by atoms with Crippen molar-refractivity contribution in [2.45, 2.75) is 87.7 Å². The molecule has 0 aromatic heterocycles. The Hall–Kier alpha value is -0.850. The molecule has 0 radical (unpaired) electrons. The lowest BCUT2D eigenvalue weighted by atomic mass is 9.81. The molecule has 28 heavy (non-hydrogen) atoms. The highest BCUT2D eigenvalue weighted by Gasteiger charge is 2.27. The number of aryl methyl sites for hydroxylation is 1. The van der Waals surface area contributed by atoms with Gasteiger partial charge in [-0.2, -0.15) is 21.0 Å². The molecular formula is C22H34O4S2. The normalized spacial score (nSPS) is 20.1. The summed E-state index contributed by atoms with van der Waals surface area (Å²) in [5, 5.41) is 0.338. The number of hydrogen-bond acceptors (Lipinski definition) is 4. The van der Waals surface area contributed by atoms with Gasteiger partial charge in [-0.3, -0.25) is 9.35 Å². The minimum absolute atomic E-state index is 0.0666. The third kappa shape index (κ3) is 7.88. The van der Waals surface area contributed by atoms with Gasteiger partial charge in [0.15, 0.2) is 0 Å². The third-order valence-electron chi connectivity index (χ3n) is 5.98. The van der Waals surface area contributed by atoms with Crippen molar-refractivity contribution in [3.05, 3.63) is 29.8 Å². The van der Waals surface area contributed by atoms with Crippen LogP contribution < -0.4 is 0 Å². The van der Waals surface area contributed by atoms with E-state index in [0.717, 1.165) is 24.8 Å². The lowest BCUT2D eigenvalue weighted by Gasteiger charge is -2.28. The van der Waals surface area contributed by atoms with Crippen LogP contribution in [0.5, 0.6) is 0 Å². The first-order valence-electron chi connectivity index (χ1n) is 10.5. The van der Waals surface area contributed by atoms with Crippen LogP contribution in [0, 0.1) is 18.8 Å². The standard InChI is InChI=1S/C15H26OS.C7H8O3S/c16-14(12-7-3-1-4-8-12)11-15(17)13-9-5-2-6-10-13;1-6-2-4-7(5-3-6)11(8,9)10/h12-13,15,17H,1-11H2;2-5H,1H3,(H,8,9,10). The maximum Gasteiger partial charge on any atom is 0.294 e. The molecule has 6 heteroatoms. The van der Waals surface area contributed by atoms with E-state index in [2.05, 4.69) is 0 Å². The lowest BCUT2D eigenvalue weighted by molar-refractivity contribution is -0.124. The van der Waals surface area contributed by atoms with Gasteiger partial charge in [-0.1, -0.05) is 56.2 Å². The number of carbonyl (C=O) groups excluding carboxylic acids is 1.